The molecule has 4 heteroatoms. The number of nitrogens with zero attached hydrogens (tertiary/aromatic N) is 1. The molecule has 0 aliphatic heterocycles. The van der Waals surface area contributed by atoms with Gasteiger partial charge in [-0.3, -0.25) is 4.79 Å². The average Bonchev–Trinajstić information content (AvgIpc) is 2.28. The Morgan fingerprint density at radius 1 is 1.38 bits per heavy atom. The van der Waals surface area contributed by atoms with Crippen LogP contribution in [0.2, 0.25) is 0 Å². The first kappa shape index (κ1) is 10.4. The third-order valence-corrected chi connectivity index (χ3v) is 2.40. The third kappa shape index (κ3) is 2.48. The van der Waals surface area contributed by atoms with Crippen molar-refractivity contribution in [2.45, 2.75) is 13.5 Å². The fourth-order valence-electron chi connectivity index (χ4n) is 1.46. The van der Waals surface area contributed by atoms with Gasteiger partial charge in [0.25, 0.3) is 5.56 Å². The predicted molar refractivity (Wildman–Crippen MR) is 63.4 cm³/mol. The van der Waals surface area contributed by atoms with E-state index in [0.29, 0.717) is 12.4 Å². The van der Waals surface area contributed by atoms with Gasteiger partial charge in [-0.25, -0.2) is 4.98 Å². The van der Waals surface area contributed by atoms with Crippen molar-refractivity contribution >= 4 is 5.82 Å². The SMILES string of the molecule is Cc1ccccc1CNc1cc(=O)[nH]cn1. The maximum atomic E-state index is 11.0. The van der Waals surface area contributed by atoms with Crippen LogP contribution in [0.25, 0.3) is 0 Å². The molecule has 0 spiro atoms. The van der Waals surface area contributed by atoms with Crippen molar-refractivity contribution in [2.24, 2.45) is 0 Å². The van der Waals surface area contributed by atoms with Crippen LogP contribution in [-0.4, -0.2) is 9.97 Å². The van der Waals surface area contributed by atoms with Crippen LogP contribution in [-0.2, 0) is 6.54 Å². The average molecular weight is 215 g/mol. The number of aryl methyl sites for hydroxylation is 1. The Labute approximate surface area is 93.4 Å². The minimum absolute atomic E-state index is 0.151. The minimum Gasteiger partial charge on any atom is -0.366 e. The molecule has 82 valence electrons. The number of aromatic nitrogens is 2. The molecule has 16 heavy (non-hydrogen) atoms. The van der Waals surface area contributed by atoms with Crippen molar-refractivity contribution in [2.75, 3.05) is 5.32 Å². The zero-order valence-corrected chi connectivity index (χ0v) is 9.03. The third-order valence-electron chi connectivity index (χ3n) is 2.40. The van der Waals surface area contributed by atoms with Gasteiger partial charge in [0.2, 0.25) is 0 Å². The van der Waals surface area contributed by atoms with Crippen LogP contribution < -0.4 is 10.9 Å². The van der Waals surface area contributed by atoms with Crippen molar-refractivity contribution in [3.8, 4) is 0 Å². The summed E-state index contributed by atoms with van der Waals surface area (Å²) in [7, 11) is 0. The van der Waals surface area contributed by atoms with Crippen molar-refractivity contribution < 1.29 is 0 Å². The normalized spacial score (nSPS) is 10.1. The molecule has 0 saturated carbocycles. The Morgan fingerprint density at radius 3 is 2.94 bits per heavy atom. The van der Waals surface area contributed by atoms with Gasteiger partial charge in [0.1, 0.15) is 5.82 Å². The molecule has 0 radical (unpaired) electrons. The second kappa shape index (κ2) is 4.61. The topological polar surface area (TPSA) is 57.8 Å². The quantitative estimate of drug-likeness (QED) is 0.819. The van der Waals surface area contributed by atoms with Gasteiger partial charge in [-0.1, -0.05) is 24.3 Å². The molecular formula is C12H13N3O. The van der Waals surface area contributed by atoms with Crippen LogP contribution >= 0.6 is 0 Å². The van der Waals surface area contributed by atoms with Crippen LogP contribution in [0.3, 0.4) is 0 Å². The maximum absolute atomic E-state index is 11.0. The Bertz CT molecular complexity index is 534. The van der Waals surface area contributed by atoms with E-state index in [9.17, 15) is 4.79 Å². The Kier molecular flexibility index (Phi) is 3.00. The number of nitrogens with one attached hydrogen (secondary N) is 2. The summed E-state index contributed by atoms with van der Waals surface area (Å²) in [5.74, 6) is 0.590. The molecule has 1 aromatic carbocycles. The van der Waals surface area contributed by atoms with E-state index in [1.807, 2.05) is 12.1 Å². The molecular weight excluding hydrogens is 202 g/mol. The fraction of sp³-hybridized carbons (Fsp3) is 0.167. The summed E-state index contributed by atoms with van der Waals surface area (Å²) in [4.78, 5) is 17.5. The van der Waals surface area contributed by atoms with Crippen molar-refractivity contribution in [1.29, 1.82) is 0 Å². The van der Waals surface area contributed by atoms with Gasteiger partial charge in [-0.2, -0.15) is 0 Å². The Balaban J connectivity index is 2.08. The lowest BCUT2D eigenvalue weighted by atomic mass is 10.1. The van der Waals surface area contributed by atoms with E-state index >= 15 is 0 Å². The van der Waals surface area contributed by atoms with Crippen LogP contribution in [0.4, 0.5) is 5.82 Å². The molecule has 4 nitrogen and oxygen atoms in total. The Morgan fingerprint density at radius 2 is 2.19 bits per heavy atom. The molecule has 1 aromatic heterocycles. The number of hydrogen-bond acceptors (Lipinski definition) is 3. The van der Waals surface area contributed by atoms with Crippen LogP contribution in [0, 0.1) is 6.92 Å². The highest BCUT2D eigenvalue weighted by Gasteiger charge is 1.98. The summed E-state index contributed by atoms with van der Waals surface area (Å²) < 4.78 is 0. The van der Waals surface area contributed by atoms with E-state index in [0.717, 1.165) is 0 Å². The fourth-order valence-corrected chi connectivity index (χ4v) is 1.46. The largest absolute Gasteiger partial charge is 0.366 e. The number of hydrogen-bond donors (Lipinski definition) is 2. The zero-order valence-electron chi connectivity index (χ0n) is 9.03. The highest BCUT2D eigenvalue weighted by atomic mass is 16.1. The second-order valence-corrected chi connectivity index (χ2v) is 3.58. The summed E-state index contributed by atoms with van der Waals surface area (Å²) in [6.45, 7) is 2.73. The molecule has 0 aliphatic rings. The first-order valence-corrected chi connectivity index (χ1v) is 5.09. The lowest BCUT2D eigenvalue weighted by molar-refractivity contribution is 1.05. The molecule has 0 bridgehead atoms. The summed E-state index contributed by atoms with van der Waals surface area (Å²) in [6.07, 6.45) is 1.39. The first-order chi connectivity index (χ1) is 7.75. The molecule has 0 saturated heterocycles. The van der Waals surface area contributed by atoms with E-state index in [-0.39, 0.29) is 5.56 Å². The first-order valence-electron chi connectivity index (χ1n) is 5.09. The van der Waals surface area contributed by atoms with Gasteiger partial charge >= 0.3 is 0 Å². The number of aromatic amines is 1. The van der Waals surface area contributed by atoms with Crippen LogP contribution in [0.1, 0.15) is 11.1 Å². The summed E-state index contributed by atoms with van der Waals surface area (Å²) in [5, 5.41) is 3.11. The number of H-pyrrole nitrogens is 1. The Hall–Kier alpha value is -2.10. The van der Waals surface area contributed by atoms with Crippen LogP contribution in [0.5, 0.6) is 0 Å². The van der Waals surface area contributed by atoms with Gasteiger partial charge in [0.15, 0.2) is 0 Å². The lowest BCUT2D eigenvalue weighted by Crippen LogP contribution is -2.09. The van der Waals surface area contributed by atoms with E-state index < -0.39 is 0 Å². The molecule has 0 aliphatic carbocycles. The maximum Gasteiger partial charge on any atom is 0.252 e. The number of anilines is 1. The molecule has 0 atom stereocenters. The standard InChI is InChI=1S/C12H13N3O/c1-9-4-2-3-5-10(9)7-13-11-6-12(16)15-8-14-11/h2-6,8H,7H2,1H3,(H2,13,14,15,16). The van der Waals surface area contributed by atoms with Crippen molar-refractivity contribution in [1.82, 2.24) is 9.97 Å². The molecule has 2 rings (SSSR count). The number of rotatable bonds is 3. The second-order valence-electron chi connectivity index (χ2n) is 3.58. The van der Waals surface area contributed by atoms with Gasteiger partial charge in [-0.05, 0) is 18.1 Å². The lowest BCUT2D eigenvalue weighted by Gasteiger charge is -2.07. The molecule has 2 aromatic rings. The summed E-state index contributed by atoms with van der Waals surface area (Å²) in [5.41, 5.74) is 2.27. The summed E-state index contributed by atoms with van der Waals surface area (Å²) >= 11 is 0. The minimum atomic E-state index is -0.151. The summed E-state index contributed by atoms with van der Waals surface area (Å²) in [6, 6.07) is 9.55. The monoisotopic (exact) mass is 215 g/mol. The van der Waals surface area contributed by atoms with Crippen molar-refractivity contribution in [3.63, 3.8) is 0 Å². The molecule has 0 fully saturated rings. The predicted octanol–water partition coefficient (Wildman–Crippen LogP) is 1.69. The van der Waals surface area contributed by atoms with Crippen LogP contribution in [0.15, 0.2) is 41.5 Å². The van der Waals surface area contributed by atoms with Gasteiger partial charge in [0, 0.05) is 12.6 Å². The smallest absolute Gasteiger partial charge is 0.252 e. The highest BCUT2D eigenvalue weighted by Crippen LogP contribution is 2.08. The van der Waals surface area contributed by atoms with Gasteiger partial charge in [-0.15, -0.1) is 0 Å². The van der Waals surface area contributed by atoms with E-state index in [2.05, 4.69) is 34.3 Å². The number of benzene rings is 1. The van der Waals surface area contributed by atoms with E-state index in [4.69, 9.17) is 0 Å². The molecule has 0 amide bonds. The molecule has 0 unspecified atom stereocenters. The van der Waals surface area contributed by atoms with Gasteiger partial charge < -0.3 is 10.3 Å². The molecule has 1 heterocycles. The molecule has 2 N–H and O–H groups in total. The zero-order chi connectivity index (χ0) is 11.4. The van der Waals surface area contributed by atoms with E-state index in [1.54, 1.807) is 0 Å². The highest BCUT2D eigenvalue weighted by molar-refractivity contribution is 5.35. The van der Waals surface area contributed by atoms with E-state index in [1.165, 1.54) is 23.5 Å². The van der Waals surface area contributed by atoms with Crippen molar-refractivity contribution in [3.05, 3.63) is 58.1 Å². The van der Waals surface area contributed by atoms with Gasteiger partial charge in [0.05, 0.1) is 6.33 Å².